The van der Waals surface area contributed by atoms with Crippen molar-refractivity contribution in [2.45, 2.75) is 0 Å². The van der Waals surface area contributed by atoms with Crippen LogP contribution in [0, 0.1) is 0 Å². The van der Waals surface area contributed by atoms with Crippen molar-refractivity contribution in [2.75, 3.05) is 28.1 Å². The molecule has 0 heterocycles. The van der Waals surface area contributed by atoms with E-state index in [-0.39, 0.29) is 5.69 Å². The normalized spacial score (nSPS) is 12.3. The van der Waals surface area contributed by atoms with Crippen LogP contribution in [0.2, 0.25) is 0 Å². The smallest absolute Gasteiger partial charge is 0.259 e. The summed E-state index contributed by atoms with van der Waals surface area (Å²) in [7, 11) is -1.96. The first kappa shape index (κ1) is 18.0. The van der Waals surface area contributed by atoms with Gasteiger partial charge >= 0.3 is 0 Å². The Hall–Kier alpha value is -2.30. The molecule has 0 radical (unpaired) electrons. The molecule has 130 valence electrons. The predicted molar refractivity (Wildman–Crippen MR) is 95.6 cm³/mol. The number of ether oxygens (including phenoxy) is 1. The molecule has 2 rings (SSSR count). The Morgan fingerprint density at radius 2 is 1.67 bits per heavy atom. The first-order valence-electron chi connectivity index (χ1n) is 6.67. The highest BCUT2D eigenvalue weighted by Crippen LogP contribution is 2.30. The van der Waals surface area contributed by atoms with E-state index in [4.69, 9.17) is 9.29 Å². The summed E-state index contributed by atoms with van der Waals surface area (Å²) in [5.41, 5.74) is 1.74. The summed E-state index contributed by atoms with van der Waals surface area (Å²) in [6.45, 7) is 0. The lowest BCUT2D eigenvalue weighted by Gasteiger charge is -2.15. The van der Waals surface area contributed by atoms with Gasteiger partial charge in [0, 0.05) is 5.69 Å². The van der Waals surface area contributed by atoms with Gasteiger partial charge in [-0.2, -0.15) is 0 Å². The molecule has 0 bridgehead atoms. The quantitative estimate of drug-likeness (QED) is 0.555. The minimum absolute atomic E-state index is 0.240. The average Bonchev–Trinajstić information content (AvgIpc) is 2.48. The molecule has 0 saturated heterocycles. The molecule has 1 atom stereocenters. The fourth-order valence-corrected chi connectivity index (χ4v) is 2.83. The van der Waals surface area contributed by atoms with Gasteiger partial charge in [0.1, 0.15) is 5.75 Å². The van der Waals surface area contributed by atoms with Crippen molar-refractivity contribution in [3.63, 3.8) is 0 Å². The van der Waals surface area contributed by atoms with Crippen LogP contribution in [0.5, 0.6) is 5.75 Å². The molecule has 0 aliphatic rings. The maximum atomic E-state index is 11.5. The van der Waals surface area contributed by atoms with Crippen LogP contribution in [0.3, 0.4) is 0 Å². The van der Waals surface area contributed by atoms with Crippen LogP contribution < -0.4 is 19.5 Å². The van der Waals surface area contributed by atoms with Gasteiger partial charge in [-0.1, -0.05) is 0 Å². The summed E-state index contributed by atoms with van der Waals surface area (Å²) in [6, 6.07) is 11.6. The zero-order valence-electron chi connectivity index (χ0n) is 12.9. The van der Waals surface area contributed by atoms with Crippen LogP contribution in [0.4, 0.5) is 22.7 Å². The maximum Gasteiger partial charge on any atom is 0.259 e. The molecule has 1 unspecified atom stereocenters. The number of anilines is 4. The van der Waals surface area contributed by atoms with Gasteiger partial charge < -0.3 is 10.1 Å². The summed E-state index contributed by atoms with van der Waals surface area (Å²) in [5, 5.41) is 3.08. The Morgan fingerprint density at radius 3 is 2.21 bits per heavy atom. The molecule has 0 aromatic heterocycles. The molecule has 0 aliphatic heterocycles. The molecule has 0 amide bonds. The molecule has 8 nitrogen and oxygen atoms in total. The van der Waals surface area contributed by atoms with Gasteiger partial charge in [-0.25, -0.2) is 12.6 Å². The van der Waals surface area contributed by atoms with Crippen molar-refractivity contribution in [1.82, 2.24) is 0 Å². The van der Waals surface area contributed by atoms with E-state index in [1.807, 2.05) is 0 Å². The Balaban J connectivity index is 2.33. The van der Waals surface area contributed by atoms with E-state index in [9.17, 15) is 12.6 Å². The van der Waals surface area contributed by atoms with E-state index < -0.39 is 21.3 Å². The lowest BCUT2D eigenvalue weighted by Crippen LogP contribution is -2.12. The summed E-state index contributed by atoms with van der Waals surface area (Å²) in [4.78, 5) is 0. The number of nitrogens with one attached hydrogen (secondary N) is 3. The van der Waals surface area contributed by atoms with Crippen molar-refractivity contribution in [1.29, 1.82) is 0 Å². The predicted octanol–water partition coefficient (Wildman–Crippen LogP) is 2.36. The zero-order valence-corrected chi connectivity index (χ0v) is 14.6. The number of rotatable bonds is 7. The third kappa shape index (κ3) is 5.41. The number of benzene rings is 2. The Labute approximate surface area is 142 Å². The highest BCUT2D eigenvalue weighted by atomic mass is 32.2. The van der Waals surface area contributed by atoms with Crippen molar-refractivity contribution in [2.24, 2.45) is 0 Å². The third-order valence-electron chi connectivity index (χ3n) is 2.89. The monoisotopic (exact) mass is 371 g/mol. The van der Waals surface area contributed by atoms with Crippen molar-refractivity contribution in [3.05, 3.63) is 42.5 Å². The van der Waals surface area contributed by atoms with Crippen LogP contribution in [0.1, 0.15) is 0 Å². The van der Waals surface area contributed by atoms with Crippen molar-refractivity contribution >= 4 is 44.0 Å². The van der Waals surface area contributed by atoms with Gasteiger partial charge in [-0.05, 0) is 42.5 Å². The van der Waals surface area contributed by atoms with Crippen LogP contribution in [-0.4, -0.2) is 30.5 Å². The second-order valence-corrected chi connectivity index (χ2v) is 7.29. The summed E-state index contributed by atoms with van der Waals surface area (Å²) in [6.07, 6.45) is 1.02. The highest BCUT2D eigenvalue weighted by molar-refractivity contribution is 7.92. The highest BCUT2D eigenvalue weighted by Gasteiger charge is 2.10. The van der Waals surface area contributed by atoms with Gasteiger partial charge in [0.25, 0.3) is 11.3 Å². The van der Waals surface area contributed by atoms with Crippen molar-refractivity contribution < 1.29 is 21.9 Å². The number of hydrogen-bond acceptors (Lipinski definition) is 5. The Bertz CT molecular complexity index is 838. The molecule has 0 fully saturated rings. The Morgan fingerprint density at radius 1 is 1.04 bits per heavy atom. The maximum absolute atomic E-state index is 11.5. The van der Waals surface area contributed by atoms with Gasteiger partial charge in [0.2, 0.25) is 10.0 Å². The van der Waals surface area contributed by atoms with Crippen molar-refractivity contribution in [3.8, 4) is 5.75 Å². The van der Waals surface area contributed by atoms with E-state index in [1.165, 1.54) is 6.07 Å². The minimum Gasteiger partial charge on any atom is -0.497 e. The van der Waals surface area contributed by atoms with Gasteiger partial charge in [-0.3, -0.25) is 14.0 Å². The first-order valence-corrected chi connectivity index (χ1v) is 9.67. The molecule has 0 saturated carbocycles. The van der Waals surface area contributed by atoms with Gasteiger partial charge in [-0.15, -0.1) is 0 Å². The number of hydrogen-bond donors (Lipinski definition) is 4. The van der Waals surface area contributed by atoms with Gasteiger partial charge in [0.15, 0.2) is 0 Å². The lowest BCUT2D eigenvalue weighted by atomic mass is 10.2. The van der Waals surface area contributed by atoms with Gasteiger partial charge in [0.05, 0.1) is 30.4 Å². The molecule has 4 N–H and O–H groups in total. The van der Waals surface area contributed by atoms with E-state index in [2.05, 4.69) is 14.8 Å². The fraction of sp³-hybridized carbons (Fsp3) is 0.143. The first-order chi connectivity index (χ1) is 11.3. The van der Waals surface area contributed by atoms with Crippen LogP contribution in [0.15, 0.2) is 42.5 Å². The molecular weight excluding hydrogens is 354 g/mol. The number of methoxy groups -OCH3 is 1. The zero-order chi connectivity index (χ0) is 17.7. The molecular formula is C14H17N3O5S2. The second-order valence-electron chi connectivity index (χ2n) is 4.84. The van der Waals surface area contributed by atoms with Crippen LogP contribution in [-0.2, 0) is 21.3 Å². The molecule has 2 aromatic rings. The minimum atomic E-state index is -3.52. The SMILES string of the molecule is COc1ccc(Nc2ccc(NS(=O)O)cc2NS(C)(=O)=O)cc1. The topological polar surface area (TPSA) is 117 Å². The van der Waals surface area contributed by atoms with E-state index >= 15 is 0 Å². The summed E-state index contributed by atoms with van der Waals surface area (Å²) < 4.78 is 52.5. The second kappa shape index (κ2) is 7.51. The third-order valence-corrected chi connectivity index (χ3v) is 3.89. The standard InChI is InChI=1S/C14H17N3O5S2/c1-22-12-6-3-10(4-7-12)15-13-8-5-11(16-23(18)19)9-14(13)17-24(2,20)21/h3-9,15-17H,1-2H3,(H,18,19). The molecule has 10 heteroatoms. The molecule has 0 aliphatic carbocycles. The molecule has 24 heavy (non-hydrogen) atoms. The average molecular weight is 371 g/mol. The summed E-state index contributed by atoms with van der Waals surface area (Å²) in [5.74, 6) is 0.694. The Kier molecular flexibility index (Phi) is 5.65. The van der Waals surface area contributed by atoms with E-state index in [1.54, 1.807) is 43.5 Å². The van der Waals surface area contributed by atoms with Crippen LogP contribution >= 0.6 is 0 Å². The number of sulfonamides is 1. The molecule has 0 spiro atoms. The van der Waals surface area contributed by atoms with E-state index in [0.29, 0.717) is 17.1 Å². The van der Waals surface area contributed by atoms with Crippen LogP contribution in [0.25, 0.3) is 0 Å². The molecule has 2 aromatic carbocycles. The lowest BCUT2D eigenvalue weighted by molar-refractivity contribution is 0.415. The van der Waals surface area contributed by atoms with E-state index in [0.717, 1.165) is 11.9 Å². The fourth-order valence-electron chi connectivity index (χ4n) is 1.93. The largest absolute Gasteiger partial charge is 0.497 e. The summed E-state index contributed by atoms with van der Waals surface area (Å²) >= 11 is -2.26.